The van der Waals surface area contributed by atoms with Gasteiger partial charge >= 0.3 is 0 Å². The Morgan fingerprint density at radius 3 is 2.75 bits per heavy atom. The monoisotopic (exact) mass is 223 g/mol. The van der Waals surface area contributed by atoms with Crippen molar-refractivity contribution < 1.29 is 4.79 Å². The van der Waals surface area contributed by atoms with E-state index in [1.165, 1.54) is 12.8 Å². The van der Waals surface area contributed by atoms with Gasteiger partial charge in [0.15, 0.2) is 0 Å². The maximum absolute atomic E-state index is 11.6. The zero-order valence-electron chi connectivity index (χ0n) is 10.2. The molecular weight excluding hydrogens is 202 g/mol. The van der Waals surface area contributed by atoms with Crippen LogP contribution in [0.2, 0.25) is 0 Å². The second-order valence-electron chi connectivity index (χ2n) is 4.72. The molecule has 1 fully saturated rings. The van der Waals surface area contributed by atoms with Crippen molar-refractivity contribution in [1.82, 2.24) is 10.2 Å². The van der Waals surface area contributed by atoms with E-state index in [1.54, 1.807) is 0 Å². The van der Waals surface area contributed by atoms with Crippen LogP contribution in [0.15, 0.2) is 0 Å². The molecule has 1 amide bonds. The molecule has 0 saturated heterocycles. The quantitative estimate of drug-likeness (QED) is 0.704. The Balaban J connectivity index is 2.22. The van der Waals surface area contributed by atoms with Crippen LogP contribution in [-0.4, -0.2) is 36.5 Å². The number of rotatable bonds is 7. The number of nitrogens with zero attached hydrogens (tertiary/aromatic N) is 2. The Kier molecular flexibility index (Phi) is 5.27. The third kappa shape index (κ3) is 5.13. The lowest BCUT2D eigenvalue weighted by molar-refractivity contribution is -0.122. The Morgan fingerprint density at radius 2 is 2.25 bits per heavy atom. The van der Waals surface area contributed by atoms with E-state index in [4.69, 9.17) is 5.26 Å². The van der Waals surface area contributed by atoms with Crippen molar-refractivity contribution in [3.8, 4) is 6.07 Å². The molecule has 1 saturated carbocycles. The first-order valence-electron chi connectivity index (χ1n) is 6.01. The first-order chi connectivity index (χ1) is 7.63. The third-order valence-corrected chi connectivity index (χ3v) is 2.87. The van der Waals surface area contributed by atoms with Crippen molar-refractivity contribution >= 4 is 5.91 Å². The van der Waals surface area contributed by atoms with Crippen LogP contribution in [0.1, 0.15) is 33.1 Å². The summed E-state index contributed by atoms with van der Waals surface area (Å²) in [6.07, 6.45) is 2.99. The van der Waals surface area contributed by atoms with E-state index >= 15 is 0 Å². The van der Waals surface area contributed by atoms with Crippen molar-refractivity contribution in [2.24, 2.45) is 5.92 Å². The van der Waals surface area contributed by atoms with E-state index in [0.717, 1.165) is 12.5 Å². The molecule has 0 radical (unpaired) electrons. The zero-order chi connectivity index (χ0) is 12.0. The number of carbonyl (C=O) groups is 1. The number of nitrogens with one attached hydrogen (secondary N) is 1. The molecule has 90 valence electrons. The van der Waals surface area contributed by atoms with Gasteiger partial charge in [0, 0.05) is 25.6 Å². The van der Waals surface area contributed by atoms with Gasteiger partial charge in [0.25, 0.3) is 0 Å². The summed E-state index contributed by atoms with van der Waals surface area (Å²) in [6.45, 7) is 6.00. The summed E-state index contributed by atoms with van der Waals surface area (Å²) in [5.41, 5.74) is 0. The van der Waals surface area contributed by atoms with E-state index < -0.39 is 0 Å². The first-order valence-corrected chi connectivity index (χ1v) is 6.01. The molecule has 1 rings (SSSR count). The average Bonchev–Trinajstić information content (AvgIpc) is 3.04. The molecule has 1 aliphatic carbocycles. The molecular formula is C12H21N3O. The average molecular weight is 223 g/mol. The molecule has 0 aromatic heterocycles. The number of amides is 1. The fourth-order valence-electron chi connectivity index (χ4n) is 1.53. The van der Waals surface area contributed by atoms with E-state index in [1.807, 2.05) is 18.7 Å². The van der Waals surface area contributed by atoms with E-state index in [-0.39, 0.29) is 5.91 Å². The minimum atomic E-state index is 0.0820. The summed E-state index contributed by atoms with van der Waals surface area (Å²) >= 11 is 0. The zero-order valence-corrected chi connectivity index (χ0v) is 10.2. The molecule has 0 aliphatic heterocycles. The minimum Gasteiger partial charge on any atom is -0.355 e. The summed E-state index contributed by atoms with van der Waals surface area (Å²) in [6, 6.07) is 2.42. The lowest BCUT2D eigenvalue weighted by atomic mass is 10.3. The van der Waals surface area contributed by atoms with E-state index in [2.05, 4.69) is 11.4 Å². The molecule has 0 aromatic carbocycles. The Labute approximate surface area is 97.6 Å². The lowest BCUT2D eigenvalue weighted by Crippen LogP contribution is -2.41. The number of nitriles is 1. The van der Waals surface area contributed by atoms with Crippen LogP contribution in [-0.2, 0) is 4.79 Å². The summed E-state index contributed by atoms with van der Waals surface area (Å²) in [7, 11) is 0. The van der Waals surface area contributed by atoms with Crippen LogP contribution >= 0.6 is 0 Å². The van der Waals surface area contributed by atoms with Crippen molar-refractivity contribution in [2.75, 3.05) is 19.6 Å². The molecule has 0 unspecified atom stereocenters. The van der Waals surface area contributed by atoms with Gasteiger partial charge in [-0.25, -0.2) is 0 Å². The number of hydrogen-bond acceptors (Lipinski definition) is 3. The van der Waals surface area contributed by atoms with Gasteiger partial charge in [-0.15, -0.1) is 0 Å². The highest BCUT2D eigenvalue weighted by Gasteiger charge is 2.22. The minimum absolute atomic E-state index is 0.0820. The van der Waals surface area contributed by atoms with Gasteiger partial charge in [0.05, 0.1) is 12.6 Å². The van der Waals surface area contributed by atoms with Crippen molar-refractivity contribution in [3.63, 3.8) is 0 Å². The second-order valence-corrected chi connectivity index (χ2v) is 4.72. The van der Waals surface area contributed by atoms with Gasteiger partial charge in [0.2, 0.25) is 5.91 Å². The fourth-order valence-corrected chi connectivity index (χ4v) is 1.53. The van der Waals surface area contributed by atoms with Gasteiger partial charge in [-0.2, -0.15) is 5.26 Å². The smallest absolute Gasteiger partial charge is 0.234 e. The topological polar surface area (TPSA) is 56.1 Å². The predicted octanol–water partition coefficient (Wildman–Crippen LogP) is 1.14. The summed E-state index contributed by atoms with van der Waals surface area (Å²) in [5.74, 6) is 0.800. The van der Waals surface area contributed by atoms with Gasteiger partial charge in [-0.1, -0.05) is 0 Å². The molecule has 1 N–H and O–H groups in total. The lowest BCUT2D eigenvalue weighted by Gasteiger charge is -2.24. The van der Waals surface area contributed by atoms with Gasteiger partial charge in [-0.05, 0) is 32.6 Å². The molecule has 16 heavy (non-hydrogen) atoms. The Bertz CT molecular complexity index is 266. The first kappa shape index (κ1) is 13.0. The summed E-state index contributed by atoms with van der Waals surface area (Å²) in [4.78, 5) is 13.7. The molecule has 0 bridgehead atoms. The van der Waals surface area contributed by atoms with Crippen LogP contribution in [0, 0.1) is 17.2 Å². The van der Waals surface area contributed by atoms with Crippen molar-refractivity contribution in [2.45, 2.75) is 39.2 Å². The molecule has 0 spiro atoms. The van der Waals surface area contributed by atoms with Crippen LogP contribution in [0.3, 0.4) is 0 Å². The second kappa shape index (κ2) is 6.49. The van der Waals surface area contributed by atoms with Gasteiger partial charge in [-0.3, -0.25) is 9.69 Å². The van der Waals surface area contributed by atoms with Gasteiger partial charge < -0.3 is 5.32 Å². The summed E-state index contributed by atoms with van der Waals surface area (Å²) < 4.78 is 0. The molecule has 0 heterocycles. The maximum atomic E-state index is 11.6. The van der Waals surface area contributed by atoms with Crippen molar-refractivity contribution in [1.29, 1.82) is 5.26 Å². The number of carbonyl (C=O) groups excluding carboxylic acids is 1. The fraction of sp³-hybridized carbons (Fsp3) is 0.833. The van der Waals surface area contributed by atoms with Gasteiger partial charge in [0.1, 0.15) is 0 Å². The highest BCUT2D eigenvalue weighted by atomic mass is 16.2. The normalized spacial score (nSPS) is 15.2. The largest absolute Gasteiger partial charge is 0.355 e. The standard InChI is InChI=1S/C12H21N3O/c1-10(2)15(7-3-6-13)9-12(16)14-8-11-4-5-11/h10-11H,3-5,7-9H2,1-2H3,(H,14,16). The van der Waals surface area contributed by atoms with E-state index in [0.29, 0.717) is 25.6 Å². The number of hydrogen-bond donors (Lipinski definition) is 1. The Hall–Kier alpha value is -1.08. The van der Waals surface area contributed by atoms with Crippen molar-refractivity contribution in [3.05, 3.63) is 0 Å². The highest BCUT2D eigenvalue weighted by Crippen LogP contribution is 2.27. The SMILES string of the molecule is CC(C)N(CCC#N)CC(=O)NCC1CC1. The summed E-state index contributed by atoms with van der Waals surface area (Å²) in [5, 5.41) is 11.5. The molecule has 0 atom stereocenters. The molecule has 4 nitrogen and oxygen atoms in total. The Morgan fingerprint density at radius 1 is 1.56 bits per heavy atom. The third-order valence-electron chi connectivity index (χ3n) is 2.87. The van der Waals surface area contributed by atoms with Crippen LogP contribution in [0.5, 0.6) is 0 Å². The molecule has 4 heteroatoms. The van der Waals surface area contributed by atoms with Crippen LogP contribution in [0.4, 0.5) is 0 Å². The molecule has 0 aromatic rings. The highest BCUT2D eigenvalue weighted by molar-refractivity contribution is 5.78. The molecule has 1 aliphatic rings. The van der Waals surface area contributed by atoms with Crippen LogP contribution < -0.4 is 5.32 Å². The maximum Gasteiger partial charge on any atom is 0.234 e. The predicted molar refractivity (Wildman–Crippen MR) is 62.7 cm³/mol. The van der Waals surface area contributed by atoms with E-state index in [9.17, 15) is 4.79 Å². The van der Waals surface area contributed by atoms with Crippen LogP contribution in [0.25, 0.3) is 0 Å².